The van der Waals surface area contributed by atoms with Crippen molar-refractivity contribution >= 4 is 30.7 Å². The van der Waals surface area contributed by atoms with Gasteiger partial charge in [0.05, 0.1) is 5.54 Å². The Morgan fingerprint density at radius 2 is 2.05 bits per heavy atom. The van der Waals surface area contributed by atoms with Crippen molar-refractivity contribution in [3.05, 3.63) is 0 Å². The van der Waals surface area contributed by atoms with Crippen LogP contribution >= 0.6 is 24.8 Å². The van der Waals surface area contributed by atoms with Crippen LogP contribution in [-0.4, -0.2) is 48.6 Å². The molecule has 1 saturated heterocycles. The number of nitrogens with zero attached hydrogens (tertiary/aromatic N) is 1. The molecule has 4 nitrogen and oxygen atoms in total. The van der Waals surface area contributed by atoms with Gasteiger partial charge in [0, 0.05) is 19.1 Å². The number of piperidine rings is 1. The first-order valence-corrected chi connectivity index (χ1v) is 7.43. The number of nitrogens with one attached hydrogen (secondary N) is 2. The zero-order valence-electron chi connectivity index (χ0n) is 12.6. The third-order valence-corrected chi connectivity index (χ3v) is 4.27. The fraction of sp³-hybridized carbons (Fsp3) is 0.929. The normalized spacial score (nSPS) is 25.6. The summed E-state index contributed by atoms with van der Waals surface area (Å²) < 4.78 is 0. The predicted octanol–water partition coefficient (Wildman–Crippen LogP) is 1.96. The molecule has 2 rings (SSSR count). The van der Waals surface area contributed by atoms with E-state index in [1.165, 1.54) is 19.3 Å². The molecule has 1 unspecified atom stereocenters. The Labute approximate surface area is 135 Å². The molecular weight excluding hydrogens is 297 g/mol. The van der Waals surface area contributed by atoms with E-state index in [0.29, 0.717) is 0 Å². The molecule has 0 aromatic carbocycles. The van der Waals surface area contributed by atoms with Gasteiger partial charge in [-0.2, -0.15) is 0 Å². The molecule has 1 atom stereocenters. The van der Waals surface area contributed by atoms with Gasteiger partial charge in [-0.15, -0.1) is 24.8 Å². The Bertz CT molecular complexity index is 292. The van der Waals surface area contributed by atoms with Crippen molar-refractivity contribution < 1.29 is 4.79 Å². The minimum absolute atomic E-state index is 0. The maximum absolute atomic E-state index is 12.2. The summed E-state index contributed by atoms with van der Waals surface area (Å²) in [5, 5.41) is 6.45. The topological polar surface area (TPSA) is 44.4 Å². The molecule has 20 heavy (non-hydrogen) atoms. The second-order valence-corrected chi connectivity index (χ2v) is 5.83. The Balaban J connectivity index is 0.00000180. The number of hydrogen-bond acceptors (Lipinski definition) is 3. The highest BCUT2D eigenvalue weighted by molar-refractivity contribution is 5.86. The summed E-state index contributed by atoms with van der Waals surface area (Å²) in [4.78, 5) is 14.7. The van der Waals surface area contributed by atoms with E-state index >= 15 is 0 Å². The second kappa shape index (κ2) is 9.08. The van der Waals surface area contributed by atoms with Crippen LogP contribution < -0.4 is 10.6 Å². The van der Waals surface area contributed by atoms with Crippen LogP contribution in [0.2, 0.25) is 0 Å². The summed E-state index contributed by atoms with van der Waals surface area (Å²) in [6.45, 7) is 8.05. The van der Waals surface area contributed by atoms with Gasteiger partial charge < -0.3 is 10.6 Å². The zero-order valence-corrected chi connectivity index (χ0v) is 14.2. The van der Waals surface area contributed by atoms with E-state index in [9.17, 15) is 4.79 Å². The van der Waals surface area contributed by atoms with Crippen molar-refractivity contribution in [2.75, 3.05) is 26.2 Å². The highest BCUT2D eigenvalue weighted by atomic mass is 35.5. The van der Waals surface area contributed by atoms with Crippen molar-refractivity contribution in [3.8, 4) is 0 Å². The lowest BCUT2D eigenvalue weighted by atomic mass is 9.90. The van der Waals surface area contributed by atoms with Gasteiger partial charge in [0.2, 0.25) is 5.91 Å². The van der Waals surface area contributed by atoms with Crippen LogP contribution in [0.5, 0.6) is 0 Å². The molecule has 0 bridgehead atoms. The first kappa shape index (κ1) is 20.0. The smallest absolute Gasteiger partial charge is 0.240 e. The van der Waals surface area contributed by atoms with E-state index in [1.54, 1.807) is 0 Å². The maximum atomic E-state index is 12.2. The SMILES string of the molecule is CCN(CCNC(=O)C1(C)CCCCN1)C1CC1.Cl.Cl. The monoisotopic (exact) mass is 325 g/mol. The van der Waals surface area contributed by atoms with Crippen LogP contribution in [0.1, 0.15) is 46.0 Å². The zero-order chi connectivity index (χ0) is 13.0. The Morgan fingerprint density at radius 3 is 2.55 bits per heavy atom. The number of carbonyl (C=O) groups excluding carboxylic acids is 1. The summed E-state index contributed by atoms with van der Waals surface area (Å²) >= 11 is 0. The molecule has 0 aromatic rings. The van der Waals surface area contributed by atoms with Crippen molar-refractivity contribution in [2.24, 2.45) is 0 Å². The predicted molar refractivity (Wildman–Crippen MR) is 88.0 cm³/mol. The lowest BCUT2D eigenvalue weighted by Gasteiger charge is -2.33. The molecule has 1 aliphatic carbocycles. The standard InChI is InChI=1S/C14H27N3O.2ClH/c1-3-17(12-6-7-12)11-10-15-13(18)14(2)8-4-5-9-16-14;;/h12,16H,3-11H2,1-2H3,(H,15,18);2*1H. The van der Waals surface area contributed by atoms with Crippen molar-refractivity contribution in [2.45, 2.75) is 57.5 Å². The van der Waals surface area contributed by atoms with Gasteiger partial charge in [0.25, 0.3) is 0 Å². The van der Waals surface area contributed by atoms with E-state index in [2.05, 4.69) is 22.5 Å². The maximum Gasteiger partial charge on any atom is 0.240 e. The molecule has 2 N–H and O–H groups in total. The molecule has 1 saturated carbocycles. The molecule has 0 radical (unpaired) electrons. The molecule has 0 spiro atoms. The van der Waals surface area contributed by atoms with E-state index in [0.717, 1.165) is 45.1 Å². The lowest BCUT2D eigenvalue weighted by Crippen LogP contribution is -2.57. The van der Waals surface area contributed by atoms with Crippen LogP contribution in [0.25, 0.3) is 0 Å². The lowest BCUT2D eigenvalue weighted by molar-refractivity contribution is -0.128. The minimum Gasteiger partial charge on any atom is -0.353 e. The molecule has 2 fully saturated rings. The van der Waals surface area contributed by atoms with Gasteiger partial charge in [0.1, 0.15) is 0 Å². The first-order valence-electron chi connectivity index (χ1n) is 7.43. The number of amides is 1. The van der Waals surface area contributed by atoms with Crippen LogP contribution in [-0.2, 0) is 4.79 Å². The largest absolute Gasteiger partial charge is 0.353 e. The highest BCUT2D eigenvalue weighted by Crippen LogP contribution is 2.25. The van der Waals surface area contributed by atoms with Gasteiger partial charge in [-0.3, -0.25) is 9.69 Å². The fourth-order valence-electron chi connectivity index (χ4n) is 2.80. The molecule has 1 aliphatic heterocycles. The Morgan fingerprint density at radius 1 is 1.35 bits per heavy atom. The first-order chi connectivity index (χ1) is 8.65. The van der Waals surface area contributed by atoms with E-state index < -0.39 is 0 Å². The number of carbonyl (C=O) groups is 1. The highest BCUT2D eigenvalue weighted by Gasteiger charge is 2.34. The Kier molecular flexibility index (Phi) is 9.07. The fourth-order valence-corrected chi connectivity index (χ4v) is 2.80. The van der Waals surface area contributed by atoms with Gasteiger partial charge in [-0.05, 0) is 52.1 Å². The minimum atomic E-state index is -0.338. The third kappa shape index (κ3) is 5.40. The van der Waals surface area contributed by atoms with Gasteiger partial charge in [0.15, 0.2) is 0 Å². The van der Waals surface area contributed by atoms with Crippen molar-refractivity contribution in [1.29, 1.82) is 0 Å². The summed E-state index contributed by atoms with van der Waals surface area (Å²) in [7, 11) is 0. The molecule has 1 amide bonds. The third-order valence-electron chi connectivity index (χ3n) is 4.27. The number of hydrogen-bond donors (Lipinski definition) is 2. The molecule has 1 heterocycles. The summed E-state index contributed by atoms with van der Waals surface area (Å²) in [6.07, 6.45) is 5.97. The van der Waals surface area contributed by atoms with Crippen LogP contribution in [0, 0.1) is 0 Å². The van der Waals surface area contributed by atoms with Crippen LogP contribution in [0.4, 0.5) is 0 Å². The summed E-state index contributed by atoms with van der Waals surface area (Å²) in [5.41, 5.74) is -0.338. The van der Waals surface area contributed by atoms with Crippen molar-refractivity contribution in [1.82, 2.24) is 15.5 Å². The second-order valence-electron chi connectivity index (χ2n) is 5.83. The number of likely N-dealkylation sites (N-methyl/N-ethyl adjacent to an activating group) is 1. The van der Waals surface area contributed by atoms with E-state index in [1.807, 2.05) is 6.92 Å². The molecule has 120 valence electrons. The number of rotatable bonds is 6. The molecule has 0 aromatic heterocycles. The van der Waals surface area contributed by atoms with Crippen LogP contribution in [0.15, 0.2) is 0 Å². The average molecular weight is 326 g/mol. The van der Waals surface area contributed by atoms with Gasteiger partial charge in [-0.1, -0.05) is 6.92 Å². The van der Waals surface area contributed by atoms with Crippen LogP contribution in [0.3, 0.4) is 0 Å². The van der Waals surface area contributed by atoms with E-state index in [-0.39, 0.29) is 36.3 Å². The quantitative estimate of drug-likeness (QED) is 0.784. The number of halogens is 2. The molecule has 2 aliphatic rings. The summed E-state index contributed by atoms with van der Waals surface area (Å²) in [5.74, 6) is 0.175. The average Bonchev–Trinajstić information content (AvgIpc) is 3.19. The molecule has 6 heteroatoms. The van der Waals surface area contributed by atoms with Crippen molar-refractivity contribution in [3.63, 3.8) is 0 Å². The summed E-state index contributed by atoms with van der Waals surface area (Å²) in [6, 6.07) is 0.787. The Hall–Kier alpha value is -0.0300. The van der Waals surface area contributed by atoms with E-state index in [4.69, 9.17) is 0 Å². The molecular formula is C14H29Cl2N3O. The van der Waals surface area contributed by atoms with Gasteiger partial charge >= 0.3 is 0 Å². The van der Waals surface area contributed by atoms with Gasteiger partial charge in [-0.25, -0.2) is 0 Å².